The minimum absolute atomic E-state index is 0.0339. The molecule has 0 unspecified atom stereocenters. The van der Waals surface area contributed by atoms with E-state index in [4.69, 9.17) is 5.26 Å². The van der Waals surface area contributed by atoms with Gasteiger partial charge in [0.25, 0.3) is 12.3 Å². The monoisotopic (exact) mass is 284 g/mol. The maximum Gasteiger partial charge on any atom is 0.494 e. The van der Waals surface area contributed by atoms with Gasteiger partial charge in [0.1, 0.15) is 0 Å². The molecule has 1 aliphatic heterocycles. The summed E-state index contributed by atoms with van der Waals surface area (Å²) in [5, 5.41) is 28.0. The SMILES string of the molecule is N#CB1CCc2c(cc(B(O)O)c(=O)n2CC2CCC2)C1. The predicted molar refractivity (Wildman–Crippen MR) is 81.5 cm³/mol. The van der Waals surface area contributed by atoms with Gasteiger partial charge in [-0.05, 0) is 37.1 Å². The van der Waals surface area contributed by atoms with E-state index < -0.39 is 7.12 Å². The zero-order valence-corrected chi connectivity index (χ0v) is 12.0. The largest absolute Gasteiger partial charge is 0.494 e. The van der Waals surface area contributed by atoms with E-state index in [9.17, 15) is 14.8 Å². The highest BCUT2D eigenvalue weighted by Gasteiger charge is 2.30. The van der Waals surface area contributed by atoms with Crippen molar-refractivity contribution in [1.29, 1.82) is 5.26 Å². The molecule has 2 heterocycles. The van der Waals surface area contributed by atoms with Crippen molar-refractivity contribution < 1.29 is 10.0 Å². The number of hydrogen-bond acceptors (Lipinski definition) is 4. The van der Waals surface area contributed by atoms with Crippen LogP contribution in [0.1, 0.15) is 30.5 Å². The fourth-order valence-corrected chi connectivity index (χ4v) is 3.36. The van der Waals surface area contributed by atoms with Gasteiger partial charge in [-0.1, -0.05) is 18.8 Å². The van der Waals surface area contributed by atoms with Crippen LogP contribution in [0.15, 0.2) is 10.9 Å². The third-order valence-electron chi connectivity index (χ3n) is 4.84. The molecule has 0 saturated heterocycles. The summed E-state index contributed by atoms with van der Waals surface area (Å²) in [6.07, 6.45) is 5.56. The van der Waals surface area contributed by atoms with Gasteiger partial charge in [-0.25, -0.2) is 5.26 Å². The first kappa shape index (κ1) is 14.4. The Labute approximate surface area is 124 Å². The van der Waals surface area contributed by atoms with Gasteiger partial charge >= 0.3 is 7.12 Å². The Morgan fingerprint density at radius 3 is 2.81 bits per heavy atom. The fraction of sp³-hybridized carbons (Fsp3) is 0.571. The van der Waals surface area contributed by atoms with E-state index in [1.165, 1.54) is 6.42 Å². The zero-order chi connectivity index (χ0) is 15.0. The van der Waals surface area contributed by atoms with Gasteiger partial charge in [0.05, 0.1) is 0 Å². The summed E-state index contributed by atoms with van der Waals surface area (Å²) in [6.45, 7) is 0.620. The smallest absolute Gasteiger partial charge is 0.423 e. The average molecular weight is 284 g/mol. The number of nitriles is 1. The average Bonchev–Trinajstić information content (AvgIpc) is 2.43. The number of pyridine rings is 1. The lowest BCUT2D eigenvalue weighted by Crippen LogP contribution is -2.49. The molecule has 1 fully saturated rings. The molecular weight excluding hydrogens is 266 g/mol. The Morgan fingerprint density at radius 1 is 1.48 bits per heavy atom. The van der Waals surface area contributed by atoms with Crippen LogP contribution in [0, 0.1) is 17.1 Å². The Bertz CT molecular complexity index is 647. The van der Waals surface area contributed by atoms with Crippen LogP contribution in [0.5, 0.6) is 0 Å². The van der Waals surface area contributed by atoms with Crippen LogP contribution in [0.25, 0.3) is 0 Å². The normalized spacial score (nSPS) is 17.9. The Balaban J connectivity index is 2.05. The number of nitrogens with zero attached hydrogens (tertiary/aromatic N) is 2. The maximum atomic E-state index is 12.5. The summed E-state index contributed by atoms with van der Waals surface area (Å²) in [6, 6.07) is 1.59. The minimum atomic E-state index is -1.75. The molecule has 0 bridgehead atoms. The van der Waals surface area contributed by atoms with Crippen LogP contribution >= 0.6 is 0 Å². The van der Waals surface area contributed by atoms with Crippen molar-refractivity contribution in [2.75, 3.05) is 0 Å². The molecular formula is C14H18B2N2O3. The standard InChI is InChI=1S/C14H18B2N2O3/c17-9-15-5-4-13-11(7-15)6-12(16(20)21)14(19)18(13)8-10-2-1-3-10/h6,10,20-21H,1-5,7-8H2. The summed E-state index contributed by atoms with van der Waals surface area (Å²) in [5.41, 5.74) is 1.66. The molecule has 0 spiro atoms. The molecule has 1 aliphatic carbocycles. The Morgan fingerprint density at radius 2 is 2.24 bits per heavy atom. The van der Waals surface area contributed by atoms with E-state index in [0.29, 0.717) is 18.8 Å². The molecule has 3 rings (SSSR count). The first-order valence-corrected chi connectivity index (χ1v) is 7.61. The molecule has 7 heteroatoms. The molecule has 1 saturated carbocycles. The number of aromatic nitrogens is 1. The number of hydrogen-bond donors (Lipinski definition) is 2. The minimum Gasteiger partial charge on any atom is -0.423 e. The Hall–Kier alpha value is -1.51. The van der Waals surface area contributed by atoms with E-state index in [2.05, 4.69) is 5.97 Å². The van der Waals surface area contributed by atoms with Gasteiger partial charge in [-0.3, -0.25) is 4.79 Å². The summed E-state index contributed by atoms with van der Waals surface area (Å²) in [4.78, 5) is 12.5. The van der Waals surface area contributed by atoms with Crippen molar-refractivity contribution in [3.63, 3.8) is 0 Å². The predicted octanol–water partition coefficient (Wildman–Crippen LogP) is -0.476. The van der Waals surface area contributed by atoms with Gasteiger partial charge in [0.2, 0.25) is 0 Å². The molecule has 0 radical (unpaired) electrons. The third-order valence-corrected chi connectivity index (χ3v) is 4.84. The lowest BCUT2D eigenvalue weighted by atomic mass is 9.42. The van der Waals surface area contributed by atoms with Gasteiger partial charge in [-0.15, -0.1) is 0 Å². The van der Waals surface area contributed by atoms with E-state index >= 15 is 0 Å². The van der Waals surface area contributed by atoms with Crippen molar-refractivity contribution in [1.82, 2.24) is 4.57 Å². The fourth-order valence-electron chi connectivity index (χ4n) is 3.36. The zero-order valence-electron chi connectivity index (χ0n) is 12.0. The second kappa shape index (κ2) is 5.70. The van der Waals surface area contributed by atoms with Crippen LogP contribution in [0.4, 0.5) is 0 Å². The second-order valence-electron chi connectivity index (χ2n) is 6.23. The molecule has 0 amide bonds. The van der Waals surface area contributed by atoms with E-state index in [0.717, 1.165) is 36.8 Å². The molecule has 1 aromatic heterocycles. The van der Waals surface area contributed by atoms with Crippen LogP contribution in [0.3, 0.4) is 0 Å². The molecule has 2 N–H and O–H groups in total. The van der Waals surface area contributed by atoms with E-state index in [1.54, 1.807) is 10.6 Å². The van der Waals surface area contributed by atoms with E-state index in [-0.39, 0.29) is 17.7 Å². The van der Waals surface area contributed by atoms with E-state index in [1.807, 2.05) is 0 Å². The second-order valence-corrected chi connectivity index (χ2v) is 6.23. The lowest BCUT2D eigenvalue weighted by Gasteiger charge is -2.30. The van der Waals surface area contributed by atoms with Crippen LogP contribution in [-0.2, 0) is 19.3 Å². The molecule has 21 heavy (non-hydrogen) atoms. The number of fused-ring (bicyclic) bond motifs is 1. The summed E-state index contributed by atoms with van der Waals surface area (Å²) >= 11 is 0. The van der Waals surface area contributed by atoms with Gasteiger partial charge in [0, 0.05) is 23.7 Å². The topological polar surface area (TPSA) is 86.2 Å². The Kier molecular flexibility index (Phi) is 3.92. The van der Waals surface area contributed by atoms with Crippen molar-refractivity contribution >= 4 is 19.3 Å². The summed E-state index contributed by atoms with van der Waals surface area (Å²) in [7, 11) is -1.75. The number of rotatable bonds is 3. The summed E-state index contributed by atoms with van der Waals surface area (Å²) < 4.78 is 1.74. The van der Waals surface area contributed by atoms with Gasteiger partial charge in [0.15, 0.2) is 0 Å². The highest BCUT2D eigenvalue weighted by Crippen LogP contribution is 2.29. The molecule has 0 atom stereocenters. The van der Waals surface area contributed by atoms with Crippen LogP contribution in [0.2, 0.25) is 6.32 Å². The first-order valence-electron chi connectivity index (χ1n) is 7.61. The summed E-state index contributed by atoms with van der Waals surface area (Å²) in [5.74, 6) is 2.80. The van der Waals surface area contributed by atoms with Gasteiger partial charge in [-0.2, -0.15) is 0 Å². The highest BCUT2D eigenvalue weighted by molar-refractivity contribution is 6.66. The van der Waals surface area contributed by atoms with Gasteiger partial charge < -0.3 is 14.6 Å². The maximum absolute atomic E-state index is 12.5. The van der Waals surface area contributed by atoms with Crippen molar-refractivity contribution in [3.8, 4) is 5.97 Å². The molecule has 108 valence electrons. The van der Waals surface area contributed by atoms with Crippen LogP contribution in [-0.4, -0.2) is 28.4 Å². The molecule has 0 aromatic carbocycles. The molecule has 1 aromatic rings. The third kappa shape index (κ3) is 2.66. The van der Waals surface area contributed by atoms with Crippen molar-refractivity contribution in [2.24, 2.45) is 5.92 Å². The quantitative estimate of drug-likeness (QED) is 0.734. The van der Waals surface area contributed by atoms with Crippen LogP contribution < -0.4 is 11.0 Å². The van der Waals surface area contributed by atoms with Crippen molar-refractivity contribution in [3.05, 3.63) is 27.7 Å². The lowest BCUT2D eigenvalue weighted by molar-refractivity contribution is 0.270. The molecule has 5 nitrogen and oxygen atoms in total. The first-order chi connectivity index (χ1) is 10.1. The molecule has 2 aliphatic rings. The highest BCUT2D eigenvalue weighted by atomic mass is 16.4. The van der Waals surface area contributed by atoms with Crippen molar-refractivity contribution in [2.45, 2.75) is 44.9 Å².